The van der Waals surface area contributed by atoms with Gasteiger partial charge in [-0.25, -0.2) is 18.7 Å². The first-order chi connectivity index (χ1) is 22.6. The highest BCUT2D eigenvalue weighted by Gasteiger charge is 2.33. The van der Waals surface area contributed by atoms with E-state index in [-0.39, 0.29) is 29.6 Å². The number of aromatic nitrogens is 2. The number of amides is 1. The number of benzene rings is 1. The van der Waals surface area contributed by atoms with E-state index in [2.05, 4.69) is 14.9 Å². The van der Waals surface area contributed by atoms with Crippen LogP contribution in [0, 0.1) is 23.5 Å². The summed E-state index contributed by atoms with van der Waals surface area (Å²) in [5.41, 5.74) is 0.634. The Morgan fingerprint density at radius 2 is 1.57 bits per heavy atom. The molecule has 2 saturated heterocycles. The lowest BCUT2D eigenvalue weighted by Gasteiger charge is -2.39. The van der Waals surface area contributed by atoms with Crippen LogP contribution >= 0.6 is 0 Å². The topological polar surface area (TPSA) is 169 Å². The number of carbonyl (C=O) groups excluding carboxylic acids is 1. The predicted octanol–water partition coefficient (Wildman–Crippen LogP) is 1.58. The van der Waals surface area contributed by atoms with Gasteiger partial charge < -0.3 is 44.8 Å². The molecule has 0 unspecified atom stereocenters. The summed E-state index contributed by atoms with van der Waals surface area (Å²) in [4.78, 5) is 25.2. The van der Waals surface area contributed by atoms with E-state index in [4.69, 9.17) is 14.6 Å². The molecule has 0 bridgehead atoms. The van der Waals surface area contributed by atoms with E-state index in [1.54, 1.807) is 19.5 Å². The number of nitrogens with zero attached hydrogens (tertiary/aromatic N) is 4. The monoisotopic (exact) mass is 666 g/mol. The Kier molecular flexibility index (Phi) is 14.1. The van der Waals surface area contributed by atoms with Crippen LogP contribution in [-0.4, -0.2) is 117 Å². The van der Waals surface area contributed by atoms with Crippen molar-refractivity contribution in [1.82, 2.24) is 14.9 Å². The van der Waals surface area contributed by atoms with Crippen molar-refractivity contribution in [1.29, 1.82) is 0 Å². The molecule has 4 atom stereocenters. The molecule has 5 N–H and O–H groups in total. The van der Waals surface area contributed by atoms with Gasteiger partial charge in [-0.3, -0.25) is 4.79 Å². The zero-order valence-corrected chi connectivity index (χ0v) is 26.9. The van der Waals surface area contributed by atoms with Crippen LogP contribution in [0.3, 0.4) is 0 Å². The molecule has 2 aliphatic rings. The number of halogens is 2. The van der Waals surface area contributed by atoms with Gasteiger partial charge in [0.25, 0.3) is 0 Å². The summed E-state index contributed by atoms with van der Waals surface area (Å²) in [6.07, 6.45) is 2.06. The summed E-state index contributed by atoms with van der Waals surface area (Å²) < 4.78 is 40.4. The molecule has 1 aromatic carbocycles. The van der Waals surface area contributed by atoms with E-state index < -0.39 is 49.1 Å². The fraction of sp³-hybridized carbons (Fsp3) is 0.667. The van der Waals surface area contributed by atoms with Crippen molar-refractivity contribution in [2.24, 2.45) is 11.8 Å². The summed E-state index contributed by atoms with van der Waals surface area (Å²) in [6.45, 7) is 2.64. The Labute approximate surface area is 274 Å². The second-order valence-electron chi connectivity index (χ2n) is 12.7. The van der Waals surface area contributed by atoms with E-state index in [9.17, 15) is 34.0 Å². The van der Waals surface area contributed by atoms with Gasteiger partial charge in [-0.2, -0.15) is 0 Å². The molecule has 2 fully saturated rings. The molecule has 1 aromatic heterocycles. The lowest BCUT2D eigenvalue weighted by molar-refractivity contribution is -0.137. The predicted molar refractivity (Wildman–Crippen MR) is 168 cm³/mol. The SMILES string of the molecule is COCc1cnc(N2CCC(CCCOc3cc(F)c(CC(=O)N4CC(CCC[C@H](O)[C@@H](O)[C@H](O)[C@H](O)CO)C4)c(F)c3)CC2)nc1. The number of anilines is 1. The maximum Gasteiger partial charge on any atom is 0.227 e. The zero-order chi connectivity index (χ0) is 33.9. The molecule has 1 amide bonds. The van der Waals surface area contributed by atoms with Gasteiger partial charge in [0, 0.05) is 68.9 Å². The molecule has 12 nitrogen and oxygen atoms in total. The van der Waals surface area contributed by atoms with Gasteiger partial charge in [-0.1, -0.05) is 6.42 Å². The third-order valence-electron chi connectivity index (χ3n) is 9.12. The fourth-order valence-electron chi connectivity index (χ4n) is 6.14. The molecule has 0 spiro atoms. The molecule has 0 aliphatic carbocycles. The minimum atomic E-state index is -1.67. The van der Waals surface area contributed by atoms with Crippen LogP contribution in [0.4, 0.5) is 14.7 Å². The average Bonchev–Trinajstić information content (AvgIpc) is 3.05. The van der Waals surface area contributed by atoms with Crippen LogP contribution in [0.25, 0.3) is 0 Å². The Morgan fingerprint density at radius 3 is 2.19 bits per heavy atom. The molecular formula is C33H48F2N4O8. The summed E-state index contributed by atoms with van der Waals surface area (Å²) >= 11 is 0. The number of rotatable bonds is 18. The zero-order valence-electron chi connectivity index (χ0n) is 26.9. The van der Waals surface area contributed by atoms with Crippen molar-refractivity contribution < 1.29 is 48.6 Å². The fourth-order valence-corrected chi connectivity index (χ4v) is 6.14. The van der Waals surface area contributed by atoms with E-state index in [1.165, 1.54) is 4.90 Å². The molecule has 0 saturated carbocycles. The molecule has 14 heteroatoms. The van der Waals surface area contributed by atoms with Gasteiger partial charge in [0.2, 0.25) is 11.9 Å². The maximum absolute atomic E-state index is 14.8. The molecule has 2 aromatic rings. The van der Waals surface area contributed by atoms with Gasteiger partial charge >= 0.3 is 0 Å². The Bertz CT molecular complexity index is 1240. The number of hydrogen-bond acceptors (Lipinski definition) is 11. The molecule has 262 valence electrons. The van der Waals surface area contributed by atoms with Gasteiger partial charge in [0.05, 0.1) is 32.3 Å². The second-order valence-corrected chi connectivity index (χ2v) is 12.7. The summed E-state index contributed by atoms with van der Waals surface area (Å²) in [5.74, 6) is -0.552. The first-order valence-electron chi connectivity index (χ1n) is 16.4. The minimum Gasteiger partial charge on any atom is -0.493 e. The van der Waals surface area contributed by atoms with Crippen LogP contribution in [-0.2, 0) is 22.6 Å². The Hall–Kier alpha value is -3.01. The molecule has 3 heterocycles. The number of piperidine rings is 1. The van der Waals surface area contributed by atoms with Gasteiger partial charge in [0.1, 0.15) is 35.7 Å². The van der Waals surface area contributed by atoms with Crippen LogP contribution in [0.15, 0.2) is 24.5 Å². The summed E-state index contributed by atoms with van der Waals surface area (Å²) in [7, 11) is 1.63. The van der Waals surface area contributed by atoms with E-state index in [0.29, 0.717) is 45.1 Å². The largest absolute Gasteiger partial charge is 0.493 e. The number of methoxy groups -OCH3 is 1. The molecule has 2 aliphatic heterocycles. The van der Waals surface area contributed by atoms with Gasteiger partial charge in [-0.15, -0.1) is 0 Å². The van der Waals surface area contributed by atoms with Crippen molar-refractivity contribution in [3.63, 3.8) is 0 Å². The van der Waals surface area contributed by atoms with Crippen LogP contribution in [0.2, 0.25) is 0 Å². The maximum atomic E-state index is 14.8. The minimum absolute atomic E-state index is 0.0924. The highest BCUT2D eigenvalue weighted by atomic mass is 19.1. The van der Waals surface area contributed by atoms with Crippen molar-refractivity contribution in [2.45, 2.75) is 82.4 Å². The molecule has 0 radical (unpaired) electrons. The lowest BCUT2D eigenvalue weighted by Crippen LogP contribution is -2.50. The standard InChI is InChI=1S/C33H48F2N4O8/c1-46-20-23-15-36-33(37-16-23)38-9-7-21(8-10-38)5-3-11-47-24-12-26(34)25(27(35)13-24)14-30(43)39-17-22(18-39)4-2-6-28(41)31(44)32(45)29(42)19-40/h12-13,15-16,21-22,28-29,31-32,40-42,44-45H,2-11,14,17-20H2,1H3/t28-,29+,31+,32+/m0/s1. The number of aliphatic hydroxyl groups is 5. The van der Waals surface area contributed by atoms with E-state index >= 15 is 0 Å². The van der Waals surface area contributed by atoms with Gasteiger partial charge in [0.15, 0.2) is 0 Å². The van der Waals surface area contributed by atoms with Crippen LogP contribution in [0.1, 0.15) is 56.1 Å². The molecule has 4 rings (SSSR count). The second kappa shape index (κ2) is 17.9. The third-order valence-corrected chi connectivity index (χ3v) is 9.12. The highest BCUT2D eigenvalue weighted by Crippen LogP contribution is 2.27. The highest BCUT2D eigenvalue weighted by molar-refractivity contribution is 5.79. The summed E-state index contributed by atoms with van der Waals surface area (Å²) in [5, 5.41) is 47.9. The number of carbonyl (C=O) groups is 1. The van der Waals surface area contributed by atoms with Crippen molar-refractivity contribution in [2.75, 3.05) is 51.4 Å². The third kappa shape index (κ3) is 10.5. The number of likely N-dealkylation sites (tertiary alicyclic amines) is 1. The quantitative estimate of drug-likeness (QED) is 0.147. The van der Waals surface area contributed by atoms with Crippen molar-refractivity contribution in [3.05, 3.63) is 47.3 Å². The van der Waals surface area contributed by atoms with E-state index in [1.807, 2.05) is 0 Å². The molecule has 47 heavy (non-hydrogen) atoms. The first kappa shape index (κ1) is 36.8. The summed E-state index contributed by atoms with van der Waals surface area (Å²) in [6, 6.07) is 2.24. The van der Waals surface area contributed by atoms with Crippen LogP contribution in [0.5, 0.6) is 5.75 Å². The number of aliphatic hydroxyl groups excluding tert-OH is 5. The smallest absolute Gasteiger partial charge is 0.227 e. The number of ether oxygens (including phenoxy) is 2. The van der Waals surface area contributed by atoms with Crippen molar-refractivity contribution >= 4 is 11.9 Å². The average molecular weight is 667 g/mol. The normalized spacial score (nSPS) is 18.5. The van der Waals surface area contributed by atoms with Crippen LogP contribution < -0.4 is 9.64 Å². The Morgan fingerprint density at radius 1 is 0.957 bits per heavy atom. The number of hydrogen-bond donors (Lipinski definition) is 5. The van der Waals surface area contributed by atoms with E-state index in [0.717, 1.165) is 62.4 Å². The van der Waals surface area contributed by atoms with Gasteiger partial charge in [-0.05, 0) is 50.4 Å². The van der Waals surface area contributed by atoms with Crippen molar-refractivity contribution in [3.8, 4) is 5.75 Å². The molecular weight excluding hydrogens is 618 g/mol. The first-order valence-corrected chi connectivity index (χ1v) is 16.4. The lowest BCUT2D eigenvalue weighted by atomic mass is 9.91. The Balaban J connectivity index is 1.11.